The van der Waals surface area contributed by atoms with Crippen molar-refractivity contribution in [3.8, 4) is 0 Å². The molecule has 2 heterocycles. The van der Waals surface area contributed by atoms with Crippen molar-refractivity contribution < 1.29 is 9.59 Å². The average molecular weight is 367 g/mol. The molecule has 0 spiro atoms. The molecule has 2 amide bonds. The van der Waals surface area contributed by atoms with Crippen LogP contribution in [-0.4, -0.2) is 57.5 Å². The number of fused-ring (bicyclic) bond motifs is 1. The van der Waals surface area contributed by atoms with Gasteiger partial charge in [-0.05, 0) is 31.2 Å². The van der Waals surface area contributed by atoms with Crippen LogP contribution in [0.15, 0.2) is 30.3 Å². The van der Waals surface area contributed by atoms with E-state index in [4.69, 9.17) is 5.73 Å². The molecule has 1 saturated heterocycles. The lowest BCUT2D eigenvalue weighted by Crippen LogP contribution is -2.59. The molecule has 2 aromatic rings. The standard InChI is InChI=1S/C20H25N5O2/c21-19(26)17-13-25(11-10-24(17)12-14-6-2-1-3-7-14)20(27)18-15-8-4-5-9-16(15)22-23-18/h1-3,6-7,17H,4-5,8-13H2,(H2,21,26)(H,22,23)/t17-/m0/s1. The molecule has 1 aromatic carbocycles. The summed E-state index contributed by atoms with van der Waals surface area (Å²) >= 11 is 0. The third-order valence-corrected chi connectivity index (χ3v) is 5.59. The lowest BCUT2D eigenvalue weighted by molar-refractivity contribution is -0.125. The Labute approximate surface area is 158 Å². The van der Waals surface area contributed by atoms with Gasteiger partial charge in [0, 0.05) is 37.4 Å². The average Bonchev–Trinajstić information content (AvgIpc) is 3.12. The third kappa shape index (κ3) is 3.60. The van der Waals surface area contributed by atoms with E-state index in [9.17, 15) is 9.59 Å². The molecular formula is C20H25N5O2. The SMILES string of the molecule is NC(=O)[C@@H]1CN(C(=O)c2n[nH]c3c2CCCC3)CCN1Cc1ccccc1. The number of benzene rings is 1. The lowest BCUT2D eigenvalue weighted by Gasteiger charge is -2.39. The summed E-state index contributed by atoms with van der Waals surface area (Å²) in [5.74, 6) is -0.493. The van der Waals surface area contributed by atoms with Crippen LogP contribution in [0.25, 0.3) is 0 Å². The molecule has 1 fully saturated rings. The monoisotopic (exact) mass is 367 g/mol. The largest absolute Gasteiger partial charge is 0.368 e. The molecule has 1 aliphatic carbocycles. The first-order chi connectivity index (χ1) is 13.1. The first-order valence-electron chi connectivity index (χ1n) is 9.56. The minimum absolute atomic E-state index is 0.0972. The second-order valence-corrected chi connectivity index (χ2v) is 7.36. The highest BCUT2D eigenvalue weighted by atomic mass is 16.2. The Morgan fingerprint density at radius 2 is 1.93 bits per heavy atom. The van der Waals surface area contributed by atoms with Gasteiger partial charge in [-0.15, -0.1) is 0 Å². The third-order valence-electron chi connectivity index (χ3n) is 5.59. The molecule has 3 N–H and O–H groups in total. The van der Waals surface area contributed by atoms with Crippen LogP contribution in [0.1, 0.15) is 40.2 Å². The number of aromatic amines is 1. The Balaban J connectivity index is 1.49. The van der Waals surface area contributed by atoms with Crippen LogP contribution in [0.4, 0.5) is 0 Å². The van der Waals surface area contributed by atoms with Crippen molar-refractivity contribution in [2.24, 2.45) is 5.73 Å². The summed E-state index contributed by atoms with van der Waals surface area (Å²) in [4.78, 5) is 28.9. The van der Waals surface area contributed by atoms with Crippen molar-refractivity contribution in [1.29, 1.82) is 0 Å². The van der Waals surface area contributed by atoms with Crippen LogP contribution in [0.5, 0.6) is 0 Å². The number of hydrogen-bond acceptors (Lipinski definition) is 4. The van der Waals surface area contributed by atoms with E-state index < -0.39 is 11.9 Å². The normalized spacial score (nSPS) is 20.3. The van der Waals surface area contributed by atoms with Crippen molar-refractivity contribution in [2.45, 2.75) is 38.3 Å². The molecule has 1 atom stereocenters. The maximum Gasteiger partial charge on any atom is 0.274 e. The number of carbonyl (C=O) groups is 2. The van der Waals surface area contributed by atoms with E-state index in [-0.39, 0.29) is 5.91 Å². The second kappa shape index (κ2) is 7.52. The number of H-pyrrole nitrogens is 1. The van der Waals surface area contributed by atoms with Crippen LogP contribution in [-0.2, 0) is 24.2 Å². The van der Waals surface area contributed by atoms with E-state index in [0.717, 1.165) is 42.5 Å². The minimum atomic E-state index is -0.488. The van der Waals surface area contributed by atoms with Gasteiger partial charge in [-0.25, -0.2) is 0 Å². The first-order valence-corrected chi connectivity index (χ1v) is 9.56. The maximum absolute atomic E-state index is 13.0. The van der Waals surface area contributed by atoms with E-state index >= 15 is 0 Å². The molecule has 7 nitrogen and oxygen atoms in total. The Kier molecular flexibility index (Phi) is 4.94. The number of primary amides is 1. The van der Waals surface area contributed by atoms with E-state index in [1.165, 1.54) is 0 Å². The number of aryl methyl sites for hydroxylation is 1. The van der Waals surface area contributed by atoms with Gasteiger partial charge in [-0.2, -0.15) is 5.10 Å². The Hall–Kier alpha value is -2.67. The highest BCUT2D eigenvalue weighted by Gasteiger charge is 2.35. The van der Waals surface area contributed by atoms with Gasteiger partial charge in [0.1, 0.15) is 6.04 Å². The quantitative estimate of drug-likeness (QED) is 0.846. The molecule has 2 aliphatic rings. The molecule has 0 radical (unpaired) electrons. The summed E-state index contributed by atoms with van der Waals surface area (Å²) in [5.41, 5.74) is 9.44. The van der Waals surface area contributed by atoms with E-state index in [1.807, 2.05) is 30.3 Å². The molecule has 7 heteroatoms. The fourth-order valence-corrected chi connectivity index (χ4v) is 4.09. The topological polar surface area (TPSA) is 95.3 Å². The van der Waals surface area contributed by atoms with Gasteiger partial charge in [0.25, 0.3) is 5.91 Å². The number of nitrogens with zero attached hydrogens (tertiary/aromatic N) is 3. The molecule has 27 heavy (non-hydrogen) atoms. The second-order valence-electron chi connectivity index (χ2n) is 7.36. The van der Waals surface area contributed by atoms with Crippen LogP contribution >= 0.6 is 0 Å². The maximum atomic E-state index is 13.0. The van der Waals surface area contributed by atoms with Crippen LogP contribution < -0.4 is 5.73 Å². The predicted octanol–water partition coefficient (Wildman–Crippen LogP) is 1.10. The van der Waals surface area contributed by atoms with Crippen molar-refractivity contribution in [2.75, 3.05) is 19.6 Å². The van der Waals surface area contributed by atoms with Gasteiger partial charge in [0.05, 0.1) is 0 Å². The number of hydrogen-bond donors (Lipinski definition) is 2. The van der Waals surface area contributed by atoms with Gasteiger partial charge in [-0.3, -0.25) is 19.6 Å². The zero-order valence-corrected chi connectivity index (χ0v) is 15.4. The summed E-state index contributed by atoms with van der Waals surface area (Å²) in [7, 11) is 0. The highest BCUT2D eigenvalue weighted by molar-refractivity contribution is 5.94. The van der Waals surface area contributed by atoms with Crippen LogP contribution in [0.2, 0.25) is 0 Å². The molecule has 1 aromatic heterocycles. The van der Waals surface area contributed by atoms with Gasteiger partial charge >= 0.3 is 0 Å². The minimum Gasteiger partial charge on any atom is -0.368 e. The van der Waals surface area contributed by atoms with E-state index in [0.29, 0.717) is 31.9 Å². The highest BCUT2D eigenvalue weighted by Crippen LogP contribution is 2.24. The zero-order chi connectivity index (χ0) is 18.8. The first kappa shape index (κ1) is 17.7. The van der Waals surface area contributed by atoms with Crippen molar-refractivity contribution in [3.05, 3.63) is 52.8 Å². The molecule has 142 valence electrons. The van der Waals surface area contributed by atoms with Crippen molar-refractivity contribution in [3.63, 3.8) is 0 Å². The van der Waals surface area contributed by atoms with E-state index in [2.05, 4.69) is 15.1 Å². The number of aromatic nitrogens is 2. The van der Waals surface area contributed by atoms with E-state index in [1.54, 1.807) is 4.90 Å². The zero-order valence-electron chi connectivity index (χ0n) is 15.4. The van der Waals surface area contributed by atoms with Crippen LogP contribution in [0, 0.1) is 0 Å². The molecular weight excluding hydrogens is 342 g/mol. The smallest absolute Gasteiger partial charge is 0.274 e. The Bertz CT molecular complexity index is 832. The fraction of sp³-hybridized carbons (Fsp3) is 0.450. The molecule has 1 aliphatic heterocycles. The molecule has 0 saturated carbocycles. The summed E-state index contributed by atoms with van der Waals surface area (Å²) in [6.45, 7) is 2.13. The summed E-state index contributed by atoms with van der Waals surface area (Å²) in [6.07, 6.45) is 4.05. The summed E-state index contributed by atoms with van der Waals surface area (Å²) in [6, 6.07) is 9.51. The van der Waals surface area contributed by atoms with Crippen molar-refractivity contribution in [1.82, 2.24) is 20.0 Å². The summed E-state index contributed by atoms with van der Waals surface area (Å²) < 4.78 is 0. The number of rotatable bonds is 4. The van der Waals surface area contributed by atoms with Gasteiger partial charge in [0.15, 0.2) is 5.69 Å². The predicted molar refractivity (Wildman–Crippen MR) is 101 cm³/mol. The number of nitrogens with two attached hydrogens (primary N) is 1. The van der Waals surface area contributed by atoms with Crippen molar-refractivity contribution >= 4 is 11.8 Å². The number of carbonyl (C=O) groups excluding carboxylic acids is 2. The number of amides is 2. The molecule has 4 rings (SSSR count). The van der Waals surface area contributed by atoms with Gasteiger partial charge in [0.2, 0.25) is 5.91 Å². The summed E-state index contributed by atoms with van der Waals surface area (Å²) in [5, 5.41) is 7.31. The van der Waals surface area contributed by atoms with Crippen LogP contribution in [0.3, 0.4) is 0 Å². The number of nitrogens with one attached hydrogen (secondary N) is 1. The Morgan fingerprint density at radius 3 is 2.70 bits per heavy atom. The van der Waals surface area contributed by atoms with Gasteiger partial charge < -0.3 is 10.6 Å². The van der Waals surface area contributed by atoms with Gasteiger partial charge in [-0.1, -0.05) is 30.3 Å². The molecule has 0 unspecified atom stereocenters. The fourth-order valence-electron chi connectivity index (χ4n) is 4.09. The Morgan fingerprint density at radius 1 is 1.15 bits per heavy atom. The number of piperazine rings is 1. The lowest BCUT2D eigenvalue weighted by atomic mass is 9.95. The molecule has 0 bridgehead atoms.